The van der Waals surface area contributed by atoms with Gasteiger partial charge in [0, 0.05) is 48.8 Å². The summed E-state index contributed by atoms with van der Waals surface area (Å²) in [6.45, 7) is 0.911. The Morgan fingerprint density at radius 3 is 2.50 bits per heavy atom. The number of pyridine rings is 2. The van der Waals surface area contributed by atoms with Crippen LogP contribution in [0.2, 0.25) is 0 Å². The number of aromatic hydroxyl groups is 1. The first-order chi connectivity index (χ1) is 17.7. The van der Waals surface area contributed by atoms with Crippen LogP contribution >= 0.6 is 0 Å². The van der Waals surface area contributed by atoms with Gasteiger partial charge >= 0.3 is 0 Å². The number of phenols is 1. The molecule has 3 atom stereocenters. The van der Waals surface area contributed by atoms with Gasteiger partial charge in [0.15, 0.2) is 17.2 Å². The fourth-order valence-electron chi connectivity index (χ4n) is 6.34. The molecule has 6 heteroatoms. The number of nitrogens with zero attached hydrogens (tertiary/aromatic N) is 4. The van der Waals surface area contributed by atoms with Crippen LogP contribution in [0.1, 0.15) is 31.4 Å². The second-order valence-electron chi connectivity index (χ2n) is 10.0. The SMILES string of the molecule is Oc1cccc2c1Oc1cc(-c3cccnc3)ccc1N2[C@H]1C[C@H]2CC[C@@H](C1)N2Cc1ccccn1. The van der Waals surface area contributed by atoms with Crippen molar-refractivity contribution in [1.82, 2.24) is 14.9 Å². The molecule has 0 aliphatic carbocycles. The Labute approximate surface area is 210 Å². The van der Waals surface area contributed by atoms with E-state index >= 15 is 0 Å². The number of rotatable bonds is 4. The number of aromatic nitrogens is 2. The summed E-state index contributed by atoms with van der Waals surface area (Å²) in [4.78, 5) is 13.9. The first-order valence-corrected chi connectivity index (χ1v) is 12.7. The van der Waals surface area contributed by atoms with Crippen molar-refractivity contribution in [3.8, 4) is 28.4 Å². The Bertz CT molecular complexity index is 1380. The summed E-state index contributed by atoms with van der Waals surface area (Å²) in [5.41, 5.74) is 5.23. The van der Waals surface area contributed by atoms with Crippen molar-refractivity contribution >= 4 is 11.4 Å². The van der Waals surface area contributed by atoms with Crippen LogP contribution in [0.4, 0.5) is 11.4 Å². The third-order valence-electron chi connectivity index (χ3n) is 7.95. The molecule has 1 N–H and O–H groups in total. The van der Waals surface area contributed by atoms with Crippen molar-refractivity contribution in [2.75, 3.05) is 4.90 Å². The highest BCUT2D eigenvalue weighted by Gasteiger charge is 2.44. The smallest absolute Gasteiger partial charge is 0.192 e. The Hall–Kier alpha value is -3.90. The molecule has 0 unspecified atom stereocenters. The van der Waals surface area contributed by atoms with Crippen LogP contribution in [-0.4, -0.2) is 38.1 Å². The van der Waals surface area contributed by atoms with E-state index in [4.69, 9.17) is 4.74 Å². The molecule has 2 aromatic carbocycles. The molecule has 6 nitrogen and oxygen atoms in total. The van der Waals surface area contributed by atoms with Crippen molar-refractivity contribution < 1.29 is 9.84 Å². The maximum Gasteiger partial charge on any atom is 0.192 e. The van der Waals surface area contributed by atoms with Crippen LogP contribution in [0.3, 0.4) is 0 Å². The molecule has 0 spiro atoms. The molecule has 5 heterocycles. The fourth-order valence-corrected chi connectivity index (χ4v) is 6.34. The van der Waals surface area contributed by atoms with Crippen LogP contribution in [0.5, 0.6) is 17.2 Å². The molecule has 7 rings (SSSR count). The van der Waals surface area contributed by atoms with Gasteiger partial charge in [-0.1, -0.05) is 24.3 Å². The number of piperidine rings is 1. The zero-order chi connectivity index (χ0) is 24.1. The largest absolute Gasteiger partial charge is 0.504 e. The van der Waals surface area contributed by atoms with E-state index in [9.17, 15) is 5.11 Å². The van der Waals surface area contributed by atoms with Crippen molar-refractivity contribution in [1.29, 1.82) is 0 Å². The van der Waals surface area contributed by atoms with Crippen LogP contribution in [0.25, 0.3) is 11.1 Å². The zero-order valence-electron chi connectivity index (χ0n) is 20.0. The summed E-state index contributed by atoms with van der Waals surface area (Å²) >= 11 is 0. The maximum atomic E-state index is 10.7. The molecule has 0 amide bonds. The van der Waals surface area contributed by atoms with Crippen LogP contribution < -0.4 is 9.64 Å². The van der Waals surface area contributed by atoms with E-state index in [1.807, 2.05) is 30.6 Å². The number of anilines is 2. The Morgan fingerprint density at radius 1 is 0.833 bits per heavy atom. The van der Waals surface area contributed by atoms with E-state index in [1.165, 1.54) is 12.8 Å². The van der Waals surface area contributed by atoms with E-state index in [0.29, 0.717) is 23.9 Å². The Balaban J connectivity index is 1.24. The van der Waals surface area contributed by atoms with Gasteiger partial charge in [-0.3, -0.25) is 14.9 Å². The highest BCUT2D eigenvalue weighted by atomic mass is 16.5. The van der Waals surface area contributed by atoms with E-state index in [0.717, 1.165) is 53.3 Å². The summed E-state index contributed by atoms with van der Waals surface area (Å²) in [5, 5.41) is 10.7. The summed E-state index contributed by atoms with van der Waals surface area (Å²) in [7, 11) is 0. The Morgan fingerprint density at radius 2 is 1.72 bits per heavy atom. The third kappa shape index (κ3) is 3.60. The molecule has 180 valence electrons. The molecular formula is C30H28N4O2. The molecule has 4 aromatic rings. The van der Waals surface area contributed by atoms with E-state index in [-0.39, 0.29) is 5.75 Å². The molecule has 0 saturated carbocycles. The maximum absolute atomic E-state index is 10.7. The number of para-hydroxylation sites is 1. The van der Waals surface area contributed by atoms with Crippen LogP contribution in [0.15, 0.2) is 85.3 Å². The molecule has 2 saturated heterocycles. The van der Waals surface area contributed by atoms with Crippen molar-refractivity contribution in [2.24, 2.45) is 0 Å². The lowest BCUT2D eigenvalue weighted by Gasteiger charge is -2.46. The van der Waals surface area contributed by atoms with Gasteiger partial charge in [-0.2, -0.15) is 0 Å². The number of hydrogen-bond donors (Lipinski definition) is 1. The monoisotopic (exact) mass is 476 g/mol. The molecule has 2 bridgehead atoms. The number of ether oxygens (including phenoxy) is 1. The number of phenolic OH excluding ortho intramolecular Hbond substituents is 1. The minimum Gasteiger partial charge on any atom is -0.504 e. The number of fused-ring (bicyclic) bond motifs is 4. The van der Waals surface area contributed by atoms with Gasteiger partial charge in [0.2, 0.25) is 0 Å². The van der Waals surface area contributed by atoms with Gasteiger partial charge in [0.05, 0.1) is 17.1 Å². The third-order valence-corrected chi connectivity index (χ3v) is 7.95. The summed E-state index contributed by atoms with van der Waals surface area (Å²) in [5.74, 6) is 1.48. The second kappa shape index (κ2) is 8.64. The number of benzene rings is 2. The number of hydrogen-bond acceptors (Lipinski definition) is 6. The Kier molecular flexibility index (Phi) is 5.13. The first-order valence-electron chi connectivity index (χ1n) is 12.7. The van der Waals surface area contributed by atoms with Crippen molar-refractivity contribution in [3.63, 3.8) is 0 Å². The molecule has 36 heavy (non-hydrogen) atoms. The minimum absolute atomic E-state index is 0.172. The lowest BCUT2D eigenvalue weighted by Crippen LogP contribution is -2.49. The topological polar surface area (TPSA) is 61.7 Å². The summed E-state index contributed by atoms with van der Waals surface area (Å²) < 4.78 is 6.33. The average Bonchev–Trinajstić information content (AvgIpc) is 3.14. The standard InChI is InChI=1S/C30H28N4O2/c35-28-8-3-7-27-30(28)36-29-15-20(21-5-4-13-31-18-21)9-12-26(29)34(27)25-16-23-10-11-24(17-25)33(23)19-22-6-1-2-14-32-22/h1-9,12-15,18,23-25,35H,10-11,16-17,19H2/t23-,24+,25+. The minimum atomic E-state index is 0.172. The lowest BCUT2D eigenvalue weighted by molar-refractivity contribution is 0.118. The highest BCUT2D eigenvalue weighted by Crippen LogP contribution is 2.54. The first kappa shape index (κ1) is 21.4. The van der Waals surface area contributed by atoms with Crippen molar-refractivity contribution in [3.05, 3.63) is 91.0 Å². The predicted molar refractivity (Wildman–Crippen MR) is 140 cm³/mol. The van der Waals surface area contributed by atoms with Crippen molar-refractivity contribution in [2.45, 2.75) is 50.4 Å². The van der Waals surface area contributed by atoms with E-state index in [1.54, 1.807) is 12.3 Å². The molecule has 2 aromatic heterocycles. The normalized spacial score (nSPS) is 22.6. The molecule has 2 fully saturated rings. The van der Waals surface area contributed by atoms with Gasteiger partial charge in [-0.15, -0.1) is 0 Å². The van der Waals surface area contributed by atoms with Crippen LogP contribution in [-0.2, 0) is 6.54 Å². The molecule has 3 aliphatic heterocycles. The quantitative estimate of drug-likeness (QED) is 0.374. The average molecular weight is 477 g/mol. The van der Waals surface area contributed by atoms with E-state index in [2.05, 4.69) is 62.2 Å². The summed E-state index contributed by atoms with van der Waals surface area (Å²) in [6.07, 6.45) is 10.1. The van der Waals surface area contributed by atoms with Crippen LogP contribution in [0, 0.1) is 0 Å². The zero-order valence-corrected chi connectivity index (χ0v) is 20.0. The van der Waals surface area contributed by atoms with Gasteiger partial charge in [-0.05, 0) is 73.7 Å². The summed E-state index contributed by atoms with van der Waals surface area (Å²) in [6, 6.07) is 23.6. The molecule has 0 radical (unpaired) electrons. The van der Waals surface area contributed by atoms with Gasteiger partial charge in [0.1, 0.15) is 0 Å². The van der Waals surface area contributed by atoms with Gasteiger partial charge in [-0.25, -0.2) is 0 Å². The predicted octanol–water partition coefficient (Wildman–Crippen LogP) is 6.29. The van der Waals surface area contributed by atoms with Gasteiger partial charge in [0.25, 0.3) is 0 Å². The lowest BCUT2D eigenvalue weighted by atomic mass is 9.93. The highest BCUT2D eigenvalue weighted by molar-refractivity contribution is 5.83. The fraction of sp³-hybridized carbons (Fsp3) is 0.267. The second-order valence-corrected chi connectivity index (χ2v) is 10.0. The molecular weight excluding hydrogens is 448 g/mol. The van der Waals surface area contributed by atoms with Gasteiger partial charge < -0.3 is 14.7 Å². The van der Waals surface area contributed by atoms with E-state index < -0.39 is 0 Å². The molecule has 3 aliphatic rings.